The van der Waals surface area contributed by atoms with Crippen LogP contribution in [-0.2, 0) is 11.3 Å². The predicted octanol–water partition coefficient (Wildman–Crippen LogP) is 2.47. The van der Waals surface area contributed by atoms with E-state index in [1.54, 1.807) is 28.8 Å². The highest BCUT2D eigenvalue weighted by Crippen LogP contribution is 2.23. The molecule has 1 aromatic carbocycles. The molecular weight excluding hydrogens is 360 g/mol. The lowest BCUT2D eigenvalue weighted by Gasteiger charge is -2.24. The largest absolute Gasteiger partial charge is 0.354 e. The number of nitrogens with zero attached hydrogens (tertiary/aromatic N) is 3. The molecule has 2 atom stereocenters. The number of carbonyl (C=O) groups is 2. The van der Waals surface area contributed by atoms with Crippen molar-refractivity contribution in [3.63, 3.8) is 0 Å². The number of amides is 2. The number of hydrogen-bond donors (Lipinski definition) is 1. The Hall–Kier alpha value is -2.28. The Kier molecular flexibility index (Phi) is 6.21. The van der Waals surface area contributed by atoms with Crippen molar-refractivity contribution in [2.45, 2.75) is 33.4 Å². The molecule has 0 radical (unpaired) electrons. The average Bonchev–Trinajstić information content (AvgIpc) is 3.26. The van der Waals surface area contributed by atoms with Crippen LogP contribution < -0.4 is 5.32 Å². The fourth-order valence-corrected chi connectivity index (χ4v) is 4.37. The van der Waals surface area contributed by atoms with Gasteiger partial charge in [0.25, 0.3) is 5.91 Å². The molecule has 1 N–H and O–H groups in total. The van der Waals surface area contributed by atoms with Crippen LogP contribution in [0.5, 0.6) is 0 Å². The molecule has 3 rings (SSSR count). The summed E-state index contributed by atoms with van der Waals surface area (Å²) in [6, 6.07) is 10.8. The van der Waals surface area contributed by atoms with E-state index < -0.39 is 6.04 Å². The van der Waals surface area contributed by atoms with Gasteiger partial charge in [-0.2, -0.15) is 5.10 Å². The van der Waals surface area contributed by atoms with Crippen LogP contribution in [0, 0.1) is 19.8 Å². The van der Waals surface area contributed by atoms with E-state index in [0.29, 0.717) is 23.7 Å². The van der Waals surface area contributed by atoms with Gasteiger partial charge in [-0.25, -0.2) is 0 Å². The Morgan fingerprint density at radius 3 is 2.70 bits per heavy atom. The minimum absolute atomic E-state index is 0.0792. The topological polar surface area (TPSA) is 67.2 Å². The molecule has 1 aliphatic heterocycles. The van der Waals surface area contributed by atoms with Gasteiger partial charge in [-0.05, 0) is 38.0 Å². The van der Waals surface area contributed by atoms with Crippen LogP contribution in [-0.4, -0.2) is 50.7 Å². The molecule has 1 aromatic heterocycles. The van der Waals surface area contributed by atoms with E-state index >= 15 is 0 Å². The number of nitrogens with one attached hydrogen (secondary N) is 1. The SMILES string of the molecule is Cc1cc(C)n(CC(C)CNC(=O)C2CSCN2C(=O)c2ccccc2)n1. The zero-order valence-corrected chi connectivity index (χ0v) is 16.8. The van der Waals surface area contributed by atoms with Crippen molar-refractivity contribution in [3.8, 4) is 0 Å². The van der Waals surface area contributed by atoms with Crippen molar-refractivity contribution in [2.75, 3.05) is 18.2 Å². The van der Waals surface area contributed by atoms with Gasteiger partial charge in [0.15, 0.2) is 0 Å². The molecule has 0 bridgehead atoms. The summed E-state index contributed by atoms with van der Waals surface area (Å²) in [4.78, 5) is 27.0. The third-order valence-corrected chi connectivity index (χ3v) is 5.69. The summed E-state index contributed by atoms with van der Waals surface area (Å²) in [6.45, 7) is 7.42. The molecule has 1 fully saturated rings. The Bertz CT molecular complexity index is 806. The second kappa shape index (κ2) is 8.61. The van der Waals surface area contributed by atoms with Gasteiger partial charge >= 0.3 is 0 Å². The summed E-state index contributed by atoms with van der Waals surface area (Å²) < 4.78 is 1.98. The second-order valence-corrected chi connectivity index (χ2v) is 8.12. The van der Waals surface area contributed by atoms with E-state index in [1.165, 1.54) is 0 Å². The fraction of sp³-hybridized carbons (Fsp3) is 0.450. The third kappa shape index (κ3) is 4.71. The summed E-state index contributed by atoms with van der Waals surface area (Å²) >= 11 is 1.61. The number of aryl methyl sites for hydroxylation is 2. The van der Waals surface area contributed by atoms with Crippen LogP contribution in [0.2, 0.25) is 0 Å². The van der Waals surface area contributed by atoms with Gasteiger partial charge in [-0.1, -0.05) is 25.1 Å². The molecule has 0 spiro atoms. The zero-order chi connectivity index (χ0) is 19.4. The van der Waals surface area contributed by atoms with E-state index in [0.717, 1.165) is 17.9 Å². The van der Waals surface area contributed by atoms with Crippen LogP contribution in [0.3, 0.4) is 0 Å². The first kappa shape index (κ1) is 19.5. The monoisotopic (exact) mass is 386 g/mol. The van der Waals surface area contributed by atoms with E-state index in [1.807, 2.05) is 42.8 Å². The van der Waals surface area contributed by atoms with Crippen LogP contribution in [0.1, 0.15) is 28.7 Å². The Balaban J connectivity index is 1.55. The van der Waals surface area contributed by atoms with Crippen molar-refractivity contribution in [1.82, 2.24) is 20.0 Å². The normalized spacial score (nSPS) is 17.7. The molecule has 2 unspecified atom stereocenters. The molecule has 2 aromatic rings. The summed E-state index contributed by atoms with van der Waals surface area (Å²) in [5.41, 5.74) is 2.75. The van der Waals surface area contributed by atoms with Gasteiger partial charge in [0.1, 0.15) is 6.04 Å². The molecule has 144 valence electrons. The highest BCUT2D eigenvalue weighted by atomic mass is 32.2. The number of thioether (sulfide) groups is 1. The smallest absolute Gasteiger partial charge is 0.255 e. The van der Waals surface area contributed by atoms with Crippen LogP contribution in [0.4, 0.5) is 0 Å². The highest BCUT2D eigenvalue weighted by Gasteiger charge is 2.35. The number of rotatable bonds is 6. The molecule has 0 saturated carbocycles. The molecule has 2 amide bonds. The molecule has 7 heteroatoms. The van der Waals surface area contributed by atoms with Crippen molar-refractivity contribution in [3.05, 3.63) is 53.3 Å². The van der Waals surface area contributed by atoms with Crippen LogP contribution >= 0.6 is 11.8 Å². The van der Waals surface area contributed by atoms with Crippen LogP contribution in [0.15, 0.2) is 36.4 Å². The summed E-state index contributed by atoms with van der Waals surface area (Å²) in [5.74, 6) is 1.27. The molecule has 2 heterocycles. The maximum absolute atomic E-state index is 12.7. The van der Waals surface area contributed by atoms with Gasteiger partial charge in [0.2, 0.25) is 5.91 Å². The van der Waals surface area contributed by atoms with Gasteiger partial charge in [0.05, 0.1) is 11.6 Å². The number of benzene rings is 1. The van der Waals surface area contributed by atoms with E-state index in [-0.39, 0.29) is 17.7 Å². The Morgan fingerprint density at radius 2 is 2.04 bits per heavy atom. The zero-order valence-electron chi connectivity index (χ0n) is 16.0. The minimum Gasteiger partial charge on any atom is -0.354 e. The lowest BCUT2D eigenvalue weighted by molar-refractivity contribution is -0.124. The maximum atomic E-state index is 12.7. The Morgan fingerprint density at radius 1 is 1.30 bits per heavy atom. The molecule has 1 saturated heterocycles. The van der Waals surface area contributed by atoms with Gasteiger partial charge < -0.3 is 10.2 Å². The van der Waals surface area contributed by atoms with Crippen molar-refractivity contribution < 1.29 is 9.59 Å². The average molecular weight is 387 g/mol. The fourth-order valence-electron chi connectivity index (χ4n) is 3.22. The van der Waals surface area contributed by atoms with Crippen molar-refractivity contribution in [1.29, 1.82) is 0 Å². The molecule has 0 aliphatic carbocycles. The molecule has 27 heavy (non-hydrogen) atoms. The van der Waals surface area contributed by atoms with E-state index in [9.17, 15) is 9.59 Å². The van der Waals surface area contributed by atoms with Gasteiger partial charge in [-0.3, -0.25) is 14.3 Å². The molecular formula is C20H26N4O2S. The standard InChI is InChI=1S/C20H26N4O2S/c1-14(11-24-16(3)9-15(2)22-24)10-21-19(25)18-12-27-13-23(18)20(26)17-7-5-4-6-8-17/h4-9,14,18H,10-13H2,1-3H3,(H,21,25). The first-order valence-electron chi connectivity index (χ1n) is 9.18. The highest BCUT2D eigenvalue weighted by molar-refractivity contribution is 7.99. The van der Waals surface area contributed by atoms with Crippen LogP contribution in [0.25, 0.3) is 0 Å². The lowest BCUT2D eigenvalue weighted by atomic mass is 10.1. The number of aromatic nitrogens is 2. The Labute approximate surface area is 164 Å². The summed E-state index contributed by atoms with van der Waals surface area (Å²) in [6.07, 6.45) is 0. The van der Waals surface area contributed by atoms with Gasteiger partial charge in [-0.15, -0.1) is 11.8 Å². The first-order chi connectivity index (χ1) is 13.0. The maximum Gasteiger partial charge on any atom is 0.255 e. The predicted molar refractivity (Wildman–Crippen MR) is 108 cm³/mol. The molecule has 1 aliphatic rings. The van der Waals surface area contributed by atoms with Crippen molar-refractivity contribution in [2.24, 2.45) is 5.92 Å². The van der Waals surface area contributed by atoms with Gasteiger partial charge in [0, 0.05) is 30.1 Å². The second-order valence-electron chi connectivity index (χ2n) is 7.12. The quantitative estimate of drug-likeness (QED) is 0.828. The summed E-state index contributed by atoms with van der Waals surface area (Å²) in [5, 5.41) is 7.49. The first-order valence-corrected chi connectivity index (χ1v) is 10.3. The third-order valence-electron chi connectivity index (χ3n) is 4.68. The van der Waals surface area contributed by atoms with E-state index in [2.05, 4.69) is 17.3 Å². The van der Waals surface area contributed by atoms with E-state index in [4.69, 9.17) is 0 Å². The van der Waals surface area contributed by atoms with Crippen molar-refractivity contribution >= 4 is 23.6 Å². The molecule has 6 nitrogen and oxygen atoms in total. The minimum atomic E-state index is -0.413. The lowest BCUT2D eigenvalue weighted by Crippen LogP contribution is -2.48. The number of carbonyl (C=O) groups excluding carboxylic acids is 2. The summed E-state index contributed by atoms with van der Waals surface area (Å²) in [7, 11) is 0. The number of hydrogen-bond acceptors (Lipinski definition) is 4.